The van der Waals surface area contributed by atoms with Crippen molar-refractivity contribution in [2.24, 2.45) is 7.05 Å². The maximum atomic E-state index is 13.0. The Kier molecular flexibility index (Phi) is 5.09. The van der Waals surface area contributed by atoms with Gasteiger partial charge in [-0.15, -0.1) is 5.10 Å². The van der Waals surface area contributed by atoms with Gasteiger partial charge >= 0.3 is 12.2 Å². The number of hydrogen-bond acceptors (Lipinski definition) is 4. The molecule has 0 radical (unpaired) electrons. The molecule has 1 aliphatic rings. The van der Waals surface area contributed by atoms with Crippen LogP contribution in [0.3, 0.4) is 0 Å². The second kappa shape index (κ2) is 7.08. The minimum Gasteiger partial charge on any atom is -0.364 e. The lowest BCUT2D eigenvalue weighted by molar-refractivity contribution is -0.138. The number of anilines is 1. The molecule has 3 rings (SSSR count). The van der Waals surface area contributed by atoms with Crippen LogP contribution in [0, 0.1) is 6.92 Å². The molecule has 1 fully saturated rings. The van der Waals surface area contributed by atoms with Crippen LogP contribution in [0.1, 0.15) is 36.8 Å². The first-order valence-corrected chi connectivity index (χ1v) is 8.73. The number of urea groups is 1. The van der Waals surface area contributed by atoms with Crippen molar-refractivity contribution >= 4 is 11.8 Å². The first-order valence-electron chi connectivity index (χ1n) is 8.73. The molecular weight excluding hydrogens is 375 g/mol. The summed E-state index contributed by atoms with van der Waals surface area (Å²) < 4.78 is 46.6. The molecule has 2 aromatic rings. The average molecular weight is 397 g/mol. The number of ether oxygens (including phenoxy) is 1. The zero-order valence-corrected chi connectivity index (χ0v) is 16.0. The third-order valence-corrected chi connectivity index (χ3v) is 4.62. The maximum Gasteiger partial charge on any atom is 0.416 e. The minimum atomic E-state index is -4.44. The van der Waals surface area contributed by atoms with Crippen molar-refractivity contribution in [1.29, 1.82) is 0 Å². The van der Waals surface area contributed by atoms with E-state index < -0.39 is 29.5 Å². The summed E-state index contributed by atoms with van der Waals surface area (Å²) in [6.07, 6.45) is -5.12. The van der Waals surface area contributed by atoms with Crippen LogP contribution in [-0.4, -0.2) is 44.6 Å². The van der Waals surface area contributed by atoms with Gasteiger partial charge in [0.15, 0.2) is 5.82 Å². The lowest BCUT2D eigenvalue weighted by Crippen LogP contribution is -2.53. The zero-order chi connectivity index (χ0) is 20.7. The van der Waals surface area contributed by atoms with E-state index in [2.05, 4.69) is 15.6 Å². The predicted octanol–water partition coefficient (Wildman–Crippen LogP) is 3.53. The molecule has 0 spiro atoms. The van der Waals surface area contributed by atoms with Crippen LogP contribution >= 0.6 is 0 Å². The van der Waals surface area contributed by atoms with Gasteiger partial charge in [-0.25, -0.2) is 4.79 Å². The lowest BCUT2D eigenvalue weighted by Gasteiger charge is -2.42. The predicted molar refractivity (Wildman–Crippen MR) is 95.7 cm³/mol. The highest BCUT2D eigenvalue weighted by Crippen LogP contribution is 2.35. The van der Waals surface area contributed by atoms with Crippen LogP contribution in [0.2, 0.25) is 0 Å². The Balaban J connectivity index is 1.81. The Morgan fingerprint density at radius 3 is 2.68 bits per heavy atom. The van der Waals surface area contributed by atoms with Crippen LogP contribution < -0.4 is 5.32 Å². The number of halogens is 3. The first-order chi connectivity index (χ1) is 13.0. The van der Waals surface area contributed by atoms with Gasteiger partial charge in [-0.3, -0.25) is 10.00 Å². The van der Waals surface area contributed by atoms with Crippen LogP contribution in [0.15, 0.2) is 24.3 Å². The number of aromatic nitrogens is 3. The fraction of sp³-hybridized carbons (Fsp3) is 0.500. The van der Waals surface area contributed by atoms with Gasteiger partial charge in [0, 0.05) is 7.05 Å². The number of carbonyl (C=O) groups is 1. The van der Waals surface area contributed by atoms with Gasteiger partial charge in [0.25, 0.3) is 0 Å². The van der Waals surface area contributed by atoms with Gasteiger partial charge in [0.1, 0.15) is 6.10 Å². The Labute approximate surface area is 160 Å². The quantitative estimate of drug-likeness (QED) is 0.842. The molecule has 28 heavy (non-hydrogen) atoms. The summed E-state index contributed by atoms with van der Waals surface area (Å²) >= 11 is 0. The summed E-state index contributed by atoms with van der Waals surface area (Å²) in [5.74, 6) is 0.340. The molecule has 1 N–H and O–H groups in total. The molecule has 1 aromatic heterocycles. The van der Waals surface area contributed by atoms with Crippen molar-refractivity contribution < 1.29 is 22.7 Å². The van der Waals surface area contributed by atoms with E-state index in [0.29, 0.717) is 17.1 Å². The highest BCUT2D eigenvalue weighted by atomic mass is 19.4. The Morgan fingerprint density at radius 1 is 1.36 bits per heavy atom. The van der Waals surface area contributed by atoms with Gasteiger partial charge in [0.05, 0.1) is 29.9 Å². The molecule has 7 nitrogen and oxygen atoms in total. The van der Waals surface area contributed by atoms with Crippen molar-refractivity contribution in [2.45, 2.75) is 38.7 Å². The molecule has 0 aliphatic carbocycles. The number of amides is 2. The molecule has 1 unspecified atom stereocenters. The molecule has 152 valence electrons. The third kappa shape index (κ3) is 4.27. The van der Waals surface area contributed by atoms with Crippen molar-refractivity contribution in [1.82, 2.24) is 19.9 Å². The number of hydrogen-bond donors (Lipinski definition) is 1. The monoisotopic (exact) mass is 397 g/mol. The number of nitrogens with zero attached hydrogens (tertiary/aromatic N) is 4. The minimum absolute atomic E-state index is 0.121. The van der Waals surface area contributed by atoms with E-state index >= 15 is 0 Å². The maximum absolute atomic E-state index is 13.0. The summed E-state index contributed by atoms with van der Waals surface area (Å²) in [5.41, 5.74) is -0.416. The smallest absolute Gasteiger partial charge is 0.364 e. The lowest BCUT2D eigenvalue weighted by atomic mass is 10.00. The van der Waals surface area contributed by atoms with Crippen LogP contribution in [0.25, 0.3) is 0 Å². The fourth-order valence-electron chi connectivity index (χ4n) is 3.13. The molecule has 10 heteroatoms. The Morgan fingerprint density at radius 2 is 2.07 bits per heavy atom. The average Bonchev–Trinajstić information content (AvgIpc) is 2.92. The van der Waals surface area contributed by atoms with E-state index in [0.717, 1.165) is 12.1 Å². The van der Waals surface area contributed by atoms with Crippen LogP contribution in [0.5, 0.6) is 0 Å². The zero-order valence-electron chi connectivity index (χ0n) is 16.0. The molecule has 0 saturated carbocycles. The van der Waals surface area contributed by atoms with E-state index in [-0.39, 0.29) is 13.1 Å². The topological polar surface area (TPSA) is 72.3 Å². The molecule has 0 bridgehead atoms. The number of morpholine rings is 1. The SMILES string of the molecule is Cc1c(NC(=O)N2CC(c3cccc(C(F)(F)F)c3)OC(C)(C)C2)nnn1C. The van der Waals surface area contributed by atoms with Crippen molar-refractivity contribution in [3.63, 3.8) is 0 Å². The number of carbonyl (C=O) groups excluding carboxylic acids is 1. The highest BCUT2D eigenvalue weighted by Gasteiger charge is 2.38. The Bertz CT molecular complexity index is 878. The summed E-state index contributed by atoms with van der Waals surface area (Å²) in [4.78, 5) is 14.2. The summed E-state index contributed by atoms with van der Waals surface area (Å²) in [6.45, 7) is 5.76. The van der Waals surface area contributed by atoms with E-state index in [1.165, 1.54) is 15.6 Å². The summed E-state index contributed by atoms with van der Waals surface area (Å²) in [6, 6.07) is 4.59. The van der Waals surface area contributed by atoms with E-state index in [4.69, 9.17) is 4.74 Å². The summed E-state index contributed by atoms with van der Waals surface area (Å²) in [5, 5.41) is 10.4. The Hall–Kier alpha value is -2.62. The molecule has 1 aliphatic heterocycles. The van der Waals surface area contributed by atoms with Crippen LogP contribution in [0.4, 0.5) is 23.8 Å². The van der Waals surface area contributed by atoms with Crippen molar-refractivity contribution in [3.8, 4) is 0 Å². The molecule has 1 aromatic carbocycles. The highest BCUT2D eigenvalue weighted by molar-refractivity contribution is 5.88. The second-order valence-corrected chi connectivity index (χ2v) is 7.45. The first kappa shape index (κ1) is 20.1. The van der Waals surface area contributed by atoms with Gasteiger partial charge in [-0.2, -0.15) is 13.2 Å². The number of nitrogens with one attached hydrogen (secondary N) is 1. The van der Waals surface area contributed by atoms with E-state index in [1.54, 1.807) is 33.9 Å². The molecular formula is C18H22F3N5O2. The molecule has 1 atom stereocenters. The van der Waals surface area contributed by atoms with Gasteiger partial charge in [-0.05, 0) is 38.5 Å². The molecule has 2 amide bonds. The van der Waals surface area contributed by atoms with E-state index in [9.17, 15) is 18.0 Å². The van der Waals surface area contributed by atoms with Crippen LogP contribution in [-0.2, 0) is 18.0 Å². The summed E-state index contributed by atoms with van der Waals surface area (Å²) in [7, 11) is 1.71. The van der Waals surface area contributed by atoms with E-state index in [1.807, 2.05) is 0 Å². The molecule has 1 saturated heterocycles. The normalized spacial score (nSPS) is 19.5. The number of alkyl halides is 3. The number of aryl methyl sites for hydroxylation is 1. The van der Waals surface area contributed by atoms with Crippen molar-refractivity contribution in [2.75, 3.05) is 18.4 Å². The van der Waals surface area contributed by atoms with Gasteiger partial charge < -0.3 is 9.64 Å². The third-order valence-electron chi connectivity index (χ3n) is 4.62. The second-order valence-electron chi connectivity index (χ2n) is 7.45. The number of rotatable bonds is 2. The standard InChI is InChI=1S/C18H22F3N5O2/c1-11-15(23-24-25(11)4)22-16(27)26-9-14(28-17(2,3)10-26)12-6-5-7-13(8-12)18(19,20)21/h5-8,14H,9-10H2,1-4H3,(H,22,27). The fourth-order valence-corrected chi connectivity index (χ4v) is 3.13. The van der Waals surface area contributed by atoms with Gasteiger partial charge in [0.2, 0.25) is 0 Å². The van der Waals surface area contributed by atoms with Crippen molar-refractivity contribution in [3.05, 3.63) is 41.1 Å². The molecule has 2 heterocycles. The number of benzene rings is 1. The largest absolute Gasteiger partial charge is 0.416 e. The van der Waals surface area contributed by atoms with Gasteiger partial charge in [-0.1, -0.05) is 17.3 Å².